The second kappa shape index (κ2) is 10.1. The molecule has 5 aromatic rings. The average molecular weight is 517 g/mol. The summed E-state index contributed by atoms with van der Waals surface area (Å²) in [5.74, 6) is 0.247. The van der Waals surface area contributed by atoms with E-state index >= 15 is 0 Å². The van der Waals surface area contributed by atoms with Gasteiger partial charge in [0.1, 0.15) is 13.2 Å². The van der Waals surface area contributed by atoms with E-state index in [1.807, 2.05) is 24.3 Å². The zero-order valence-electron chi connectivity index (χ0n) is 20.5. The van der Waals surface area contributed by atoms with E-state index in [1.54, 1.807) is 23.6 Å². The Bertz CT molecular complexity index is 1620. The van der Waals surface area contributed by atoms with Crippen LogP contribution in [0.3, 0.4) is 0 Å². The van der Waals surface area contributed by atoms with E-state index in [2.05, 4.69) is 25.4 Å². The van der Waals surface area contributed by atoms with E-state index in [0.717, 1.165) is 30.0 Å². The number of carboxylic acid groups (broad SMARTS) is 1. The van der Waals surface area contributed by atoms with Gasteiger partial charge in [0.25, 0.3) is 0 Å². The van der Waals surface area contributed by atoms with Gasteiger partial charge in [-0.15, -0.1) is 15.3 Å². The van der Waals surface area contributed by atoms with Crippen molar-refractivity contribution in [2.45, 2.75) is 45.7 Å². The molecule has 1 aliphatic heterocycles. The number of hydrogen-bond donors (Lipinski definition) is 1. The first-order chi connectivity index (χ1) is 18.6. The van der Waals surface area contributed by atoms with Crippen LogP contribution in [0.2, 0.25) is 0 Å². The number of aryl methyl sites for hydroxylation is 1. The van der Waals surface area contributed by atoms with Crippen LogP contribution in [-0.4, -0.2) is 53.9 Å². The van der Waals surface area contributed by atoms with Gasteiger partial charge < -0.3 is 23.8 Å². The summed E-state index contributed by atoms with van der Waals surface area (Å²) in [4.78, 5) is 15.6. The number of hydrogen-bond acceptors (Lipinski definition) is 10. The Kier molecular flexibility index (Phi) is 6.40. The van der Waals surface area contributed by atoms with Crippen molar-refractivity contribution >= 4 is 22.4 Å². The number of benzene rings is 1. The molecule has 0 amide bonds. The molecule has 38 heavy (non-hydrogen) atoms. The third-order valence-electron chi connectivity index (χ3n) is 6.30. The standard InChI is InChI=1S/C26H24N6O6/c1-15-18(26(33)34)10-9-16(27-15)13-37-25-20-7-3-2-6-19(20)23-28-29-24(32(23)30-25)21-12-17(38-31-21)14-36-22-8-4-5-11-35-22/h2-3,6-7,9-10,12,22H,4-5,8,11,13-14H2,1H3,(H,33,34). The van der Waals surface area contributed by atoms with Gasteiger partial charge in [-0.1, -0.05) is 23.4 Å². The van der Waals surface area contributed by atoms with Crippen LogP contribution in [0.25, 0.3) is 27.9 Å². The summed E-state index contributed by atoms with van der Waals surface area (Å²) in [6.07, 6.45) is 2.74. The normalized spacial score (nSPS) is 15.8. The Balaban J connectivity index is 1.29. The molecule has 1 atom stereocenters. The van der Waals surface area contributed by atoms with Gasteiger partial charge in [0, 0.05) is 23.4 Å². The fourth-order valence-corrected chi connectivity index (χ4v) is 4.38. The van der Waals surface area contributed by atoms with E-state index in [9.17, 15) is 9.90 Å². The van der Waals surface area contributed by atoms with E-state index in [1.165, 1.54) is 6.07 Å². The summed E-state index contributed by atoms with van der Waals surface area (Å²) in [5.41, 5.74) is 2.13. The van der Waals surface area contributed by atoms with Gasteiger partial charge in [0.15, 0.2) is 23.4 Å². The average Bonchev–Trinajstić information content (AvgIpc) is 3.58. The highest BCUT2D eigenvalue weighted by molar-refractivity contribution is 5.97. The molecule has 194 valence electrons. The number of fused-ring (bicyclic) bond motifs is 3. The van der Waals surface area contributed by atoms with Gasteiger partial charge in [-0.05, 0) is 44.4 Å². The second-order valence-corrected chi connectivity index (χ2v) is 8.92. The zero-order chi connectivity index (χ0) is 26.1. The van der Waals surface area contributed by atoms with E-state index in [4.69, 9.17) is 18.7 Å². The highest BCUT2D eigenvalue weighted by atomic mass is 16.7. The molecule has 1 N–H and O–H groups in total. The molecule has 0 bridgehead atoms. The summed E-state index contributed by atoms with van der Waals surface area (Å²) >= 11 is 0. The van der Waals surface area contributed by atoms with Crippen molar-refractivity contribution in [2.75, 3.05) is 6.61 Å². The number of ether oxygens (including phenoxy) is 3. The number of aromatic nitrogens is 6. The van der Waals surface area contributed by atoms with Crippen molar-refractivity contribution in [1.29, 1.82) is 0 Å². The Morgan fingerprint density at radius 1 is 1.13 bits per heavy atom. The van der Waals surface area contributed by atoms with Gasteiger partial charge in [0.2, 0.25) is 11.7 Å². The maximum Gasteiger partial charge on any atom is 0.337 e. The Hall–Kier alpha value is -4.42. The summed E-state index contributed by atoms with van der Waals surface area (Å²) in [6, 6.07) is 12.5. The fraction of sp³-hybridized carbons (Fsp3) is 0.308. The lowest BCUT2D eigenvalue weighted by molar-refractivity contribution is -0.171. The minimum absolute atomic E-state index is 0.0926. The van der Waals surface area contributed by atoms with E-state index in [0.29, 0.717) is 46.8 Å². The Morgan fingerprint density at radius 2 is 2.00 bits per heavy atom. The predicted molar refractivity (Wildman–Crippen MR) is 132 cm³/mol. The molecule has 0 saturated carbocycles. The maximum absolute atomic E-state index is 11.3. The third-order valence-corrected chi connectivity index (χ3v) is 6.30. The molecular formula is C26H24N6O6. The number of pyridine rings is 1. The number of aromatic carboxylic acids is 1. The fourth-order valence-electron chi connectivity index (χ4n) is 4.38. The lowest BCUT2D eigenvalue weighted by Crippen LogP contribution is -2.21. The number of carbonyl (C=O) groups is 1. The van der Waals surface area contributed by atoms with Crippen LogP contribution < -0.4 is 4.74 Å². The molecule has 1 aliphatic rings. The first-order valence-electron chi connectivity index (χ1n) is 12.2. The molecule has 1 unspecified atom stereocenters. The molecule has 0 radical (unpaired) electrons. The molecule has 0 aliphatic carbocycles. The van der Waals surface area contributed by atoms with Crippen LogP contribution in [-0.2, 0) is 22.7 Å². The molecule has 1 fully saturated rings. The summed E-state index contributed by atoms with van der Waals surface area (Å²) in [5, 5.41) is 28.3. The van der Waals surface area contributed by atoms with Gasteiger partial charge in [0.05, 0.1) is 17.0 Å². The van der Waals surface area contributed by atoms with Crippen molar-refractivity contribution in [3.05, 3.63) is 65.2 Å². The van der Waals surface area contributed by atoms with Crippen molar-refractivity contribution in [1.82, 2.24) is 30.0 Å². The van der Waals surface area contributed by atoms with E-state index in [-0.39, 0.29) is 25.1 Å². The minimum atomic E-state index is -1.02. The first kappa shape index (κ1) is 23.9. The van der Waals surface area contributed by atoms with Crippen LogP contribution in [0.4, 0.5) is 0 Å². The van der Waals surface area contributed by atoms with Crippen molar-refractivity contribution < 1.29 is 28.6 Å². The minimum Gasteiger partial charge on any atom is -0.478 e. The maximum atomic E-state index is 11.3. The van der Waals surface area contributed by atoms with Crippen LogP contribution in [0.1, 0.15) is 46.8 Å². The van der Waals surface area contributed by atoms with Crippen LogP contribution in [0, 0.1) is 6.92 Å². The second-order valence-electron chi connectivity index (χ2n) is 8.92. The van der Waals surface area contributed by atoms with Crippen LogP contribution in [0.15, 0.2) is 47.0 Å². The molecule has 6 rings (SSSR count). The molecule has 5 heterocycles. The first-order valence-corrected chi connectivity index (χ1v) is 12.2. The Labute approximate surface area is 216 Å². The largest absolute Gasteiger partial charge is 0.478 e. The molecule has 12 heteroatoms. The van der Waals surface area contributed by atoms with Crippen molar-refractivity contribution in [3.8, 4) is 17.4 Å². The molecule has 1 aromatic carbocycles. The van der Waals surface area contributed by atoms with E-state index < -0.39 is 5.97 Å². The summed E-state index contributed by atoms with van der Waals surface area (Å²) in [6.45, 7) is 2.67. The lowest BCUT2D eigenvalue weighted by Gasteiger charge is -2.21. The highest BCUT2D eigenvalue weighted by Crippen LogP contribution is 2.29. The van der Waals surface area contributed by atoms with Gasteiger partial charge in [-0.25, -0.2) is 4.79 Å². The number of rotatable bonds is 8. The predicted octanol–water partition coefficient (Wildman–Crippen LogP) is 3.96. The quantitative estimate of drug-likeness (QED) is 0.320. The van der Waals surface area contributed by atoms with Gasteiger partial charge in [-0.2, -0.15) is 4.52 Å². The topological polar surface area (TPSA) is 147 Å². The molecular weight excluding hydrogens is 492 g/mol. The van der Waals surface area contributed by atoms with Crippen LogP contribution >= 0.6 is 0 Å². The van der Waals surface area contributed by atoms with Crippen molar-refractivity contribution in [3.63, 3.8) is 0 Å². The van der Waals surface area contributed by atoms with Gasteiger partial charge >= 0.3 is 5.97 Å². The smallest absolute Gasteiger partial charge is 0.337 e. The summed E-state index contributed by atoms with van der Waals surface area (Å²) in [7, 11) is 0. The van der Waals surface area contributed by atoms with Crippen LogP contribution in [0.5, 0.6) is 5.88 Å². The molecule has 4 aromatic heterocycles. The summed E-state index contributed by atoms with van der Waals surface area (Å²) < 4.78 is 24.5. The zero-order valence-corrected chi connectivity index (χ0v) is 20.5. The molecule has 0 spiro atoms. The van der Waals surface area contributed by atoms with Gasteiger partial charge in [-0.3, -0.25) is 4.98 Å². The monoisotopic (exact) mass is 516 g/mol. The number of carboxylic acids is 1. The third kappa shape index (κ3) is 4.66. The molecule has 1 saturated heterocycles. The number of nitrogens with zero attached hydrogens (tertiary/aromatic N) is 6. The molecule has 12 nitrogen and oxygen atoms in total. The SMILES string of the molecule is Cc1nc(COc2nn3c(-c4cc(COC5CCCCO5)on4)nnc3c3ccccc23)ccc1C(=O)O. The highest BCUT2D eigenvalue weighted by Gasteiger charge is 2.20. The Morgan fingerprint density at radius 3 is 2.79 bits per heavy atom. The van der Waals surface area contributed by atoms with Crippen molar-refractivity contribution in [2.24, 2.45) is 0 Å². The lowest BCUT2D eigenvalue weighted by atomic mass is 10.2.